The molecule has 0 aliphatic carbocycles. The predicted octanol–water partition coefficient (Wildman–Crippen LogP) is 2.64. The molecule has 130 valence electrons. The van der Waals surface area contributed by atoms with Crippen molar-refractivity contribution < 1.29 is 29.0 Å². The Morgan fingerprint density at radius 1 is 1.08 bits per heavy atom. The summed E-state index contributed by atoms with van der Waals surface area (Å²) in [6.45, 7) is 2.84. The van der Waals surface area contributed by atoms with Gasteiger partial charge >= 0.3 is 11.9 Å². The third kappa shape index (κ3) is 5.35. The number of rotatable bonds is 6. The Balaban J connectivity index is 2.06. The van der Waals surface area contributed by atoms with Crippen molar-refractivity contribution in [2.45, 2.75) is 13.8 Å². The number of carbonyl (C=O) groups excluding carboxylic acids is 2. The molecule has 25 heavy (non-hydrogen) atoms. The van der Waals surface area contributed by atoms with E-state index in [0.717, 1.165) is 5.56 Å². The lowest BCUT2D eigenvalue weighted by molar-refractivity contribution is -0.131. The molecule has 0 aliphatic rings. The van der Waals surface area contributed by atoms with Crippen LogP contribution < -0.4 is 14.8 Å². The van der Waals surface area contributed by atoms with Crippen LogP contribution in [0.1, 0.15) is 22.8 Å². The summed E-state index contributed by atoms with van der Waals surface area (Å²) in [5.41, 5.74) is 0.885. The van der Waals surface area contributed by atoms with Crippen molar-refractivity contribution in [3.05, 3.63) is 53.6 Å². The molecule has 0 spiro atoms. The first kappa shape index (κ1) is 18.0. The maximum Gasteiger partial charge on any atom is 0.337 e. The van der Waals surface area contributed by atoms with Crippen LogP contribution in [0.25, 0.3) is 0 Å². The van der Waals surface area contributed by atoms with Gasteiger partial charge in [0.05, 0.1) is 11.3 Å². The molecule has 7 heteroatoms. The second-order valence-electron chi connectivity index (χ2n) is 5.26. The Bertz CT molecular complexity index is 815. The first-order valence-electron chi connectivity index (χ1n) is 7.40. The van der Waals surface area contributed by atoms with E-state index < -0.39 is 17.8 Å². The van der Waals surface area contributed by atoms with Crippen LogP contribution in [0.4, 0.5) is 5.69 Å². The second-order valence-corrected chi connectivity index (χ2v) is 5.26. The molecule has 0 saturated carbocycles. The molecule has 0 aliphatic heterocycles. The topological polar surface area (TPSA) is 102 Å². The smallest absolute Gasteiger partial charge is 0.337 e. The van der Waals surface area contributed by atoms with Crippen molar-refractivity contribution in [1.82, 2.24) is 0 Å². The van der Waals surface area contributed by atoms with Crippen molar-refractivity contribution in [1.29, 1.82) is 0 Å². The first-order valence-corrected chi connectivity index (χ1v) is 7.40. The number of aryl methyl sites for hydroxylation is 1. The number of esters is 1. The molecule has 7 nitrogen and oxygen atoms in total. The summed E-state index contributed by atoms with van der Waals surface area (Å²) >= 11 is 0. The summed E-state index contributed by atoms with van der Waals surface area (Å²) in [6.07, 6.45) is 0. The summed E-state index contributed by atoms with van der Waals surface area (Å²) in [5, 5.41) is 11.7. The normalized spacial score (nSPS) is 10.0. The van der Waals surface area contributed by atoms with E-state index in [4.69, 9.17) is 9.47 Å². The molecule has 2 aromatic rings. The van der Waals surface area contributed by atoms with Gasteiger partial charge in [-0.3, -0.25) is 9.59 Å². The highest BCUT2D eigenvalue weighted by Crippen LogP contribution is 2.22. The summed E-state index contributed by atoms with van der Waals surface area (Å²) in [7, 11) is 0. The Kier molecular flexibility index (Phi) is 5.73. The Morgan fingerprint density at radius 3 is 2.48 bits per heavy atom. The minimum absolute atomic E-state index is 0.0823. The van der Waals surface area contributed by atoms with Crippen molar-refractivity contribution in [3.8, 4) is 11.5 Å². The zero-order valence-electron chi connectivity index (χ0n) is 13.7. The van der Waals surface area contributed by atoms with Crippen molar-refractivity contribution >= 4 is 23.5 Å². The molecule has 2 aromatic carbocycles. The lowest BCUT2D eigenvalue weighted by Gasteiger charge is -2.11. The number of carboxylic acid groups (broad SMARTS) is 1. The summed E-state index contributed by atoms with van der Waals surface area (Å²) in [5.74, 6) is -1.72. The highest BCUT2D eigenvalue weighted by Gasteiger charge is 2.15. The van der Waals surface area contributed by atoms with Crippen LogP contribution >= 0.6 is 0 Å². The fourth-order valence-electron chi connectivity index (χ4n) is 2.08. The highest BCUT2D eigenvalue weighted by atomic mass is 16.5. The molecule has 0 atom stereocenters. The van der Waals surface area contributed by atoms with Gasteiger partial charge in [0.25, 0.3) is 5.91 Å². The molecule has 0 fully saturated rings. The number of carbonyl (C=O) groups is 3. The fourth-order valence-corrected chi connectivity index (χ4v) is 2.08. The molecule has 0 saturated heterocycles. The van der Waals surface area contributed by atoms with Gasteiger partial charge in [-0.15, -0.1) is 0 Å². The number of anilines is 1. The van der Waals surface area contributed by atoms with Crippen LogP contribution in [-0.2, 0) is 9.59 Å². The molecule has 0 heterocycles. The molecule has 0 unspecified atom stereocenters. The number of nitrogens with one attached hydrogen (secondary N) is 1. The zero-order chi connectivity index (χ0) is 18.4. The standard InChI is InChI=1S/C18H17NO6/c1-11-4-3-5-13(8-11)24-10-17(21)19-16-7-6-14(25-12(2)20)9-15(16)18(22)23/h3-9H,10H2,1-2H3,(H,19,21)(H,22,23). The van der Waals surface area contributed by atoms with Gasteiger partial charge in [0, 0.05) is 6.92 Å². The average molecular weight is 343 g/mol. The lowest BCUT2D eigenvalue weighted by Crippen LogP contribution is -2.21. The van der Waals surface area contributed by atoms with Gasteiger partial charge in [-0.2, -0.15) is 0 Å². The fraction of sp³-hybridized carbons (Fsp3) is 0.167. The van der Waals surface area contributed by atoms with Crippen LogP contribution in [-0.4, -0.2) is 29.6 Å². The average Bonchev–Trinajstić information content (AvgIpc) is 2.54. The van der Waals surface area contributed by atoms with Crippen LogP contribution in [0.2, 0.25) is 0 Å². The predicted molar refractivity (Wildman–Crippen MR) is 90.0 cm³/mol. The molecule has 0 aromatic heterocycles. The molecule has 1 amide bonds. The van der Waals surface area contributed by atoms with E-state index in [1.54, 1.807) is 18.2 Å². The van der Waals surface area contributed by atoms with Gasteiger partial charge in [0.15, 0.2) is 6.61 Å². The number of amides is 1. The quantitative estimate of drug-likeness (QED) is 0.617. The first-order chi connectivity index (χ1) is 11.8. The highest BCUT2D eigenvalue weighted by molar-refractivity contribution is 6.01. The molecule has 0 bridgehead atoms. The van der Waals surface area contributed by atoms with Gasteiger partial charge in [0.2, 0.25) is 0 Å². The van der Waals surface area contributed by atoms with Gasteiger partial charge in [0.1, 0.15) is 11.5 Å². The minimum Gasteiger partial charge on any atom is -0.484 e. The molecule has 0 radical (unpaired) electrons. The Labute approximate surface area is 144 Å². The number of hydrogen-bond donors (Lipinski definition) is 2. The summed E-state index contributed by atoms with van der Waals surface area (Å²) in [4.78, 5) is 34.3. The van der Waals surface area contributed by atoms with Crippen molar-refractivity contribution in [2.75, 3.05) is 11.9 Å². The Hall–Kier alpha value is -3.35. The van der Waals surface area contributed by atoms with Crippen molar-refractivity contribution in [2.24, 2.45) is 0 Å². The minimum atomic E-state index is -1.26. The van der Waals surface area contributed by atoms with Gasteiger partial charge in [-0.05, 0) is 42.8 Å². The number of ether oxygens (including phenoxy) is 2. The zero-order valence-corrected chi connectivity index (χ0v) is 13.7. The third-order valence-corrected chi connectivity index (χ3v) is 3.12. The van der Waals surface area contributed by atoms with Gasteiger partial charge in [-0.1, -0.05) is 12.1 Å². The third-order valence-electron chi connectivity index (χ3n) is 3.12. The van der Waals surface area contributed by atoms with E-state index in [-0.39, 0.29) is 23.6 Å². The number of carboxylic acids is 1. The number of aromatic carboxylic acids is 1. The van der Waals surface area contributed by atoms with E-state index in [2.05, 4.69) is 5.32 Å². The molecule has 2 rings (SSSR count). The monoisotopic (exact) mass is 343 g/mol. The van der Waals surface area contributed by atoms with E-state index >= 15 is 0 Å². The maximum absolute atomic E-state index is 12.0. The van der Waals surface area contributed by atoms with Crippen LogP contribution in [0.3, 0.4) is 0 Å². The van der Waals surface area contributed by atoms with Gasteiger partial charge in [-0.25, -0.2) is 4.79 Å². The molecular formula is C18H17NO6. The van der Waals surface area contributed by atoms with E-state index in [9.17, 15) is 19.5 Å². The summed E-state index contributed by atoms with van der Waals surface area (Å²) in [6, 6.07) is 11.1. The van der Waals surface area contributed by atoms with E-state index in [0.29, 0.717) is 5.75 Å². The lowest BCUT2D eigenvalue weighted by atomic mass is 10.1. The van der Waals surface area contributed by atoms with Gasteiger partial charge < -0.3 is 19.9 Å². The van der Waals surface area contributed by atoms with Crippen LogP contribution in [0, 0.1) is 6.92 Å². The van der Waals surface area contributed by atoms with Crippen LogP contribution in [0.5, 0.6) is 11.5 Å². The Morgan fingerprint density at radius 2 is 1.84 bits per heavy atom. The largest absolute Gasteiger partial charge is 0.484 e. The number of hydrogen-bond acceptors (Lipinski definition) is 5. The maximum atomic E-state index is 12.0. The van der Waals surface area contributed by atoms with E-state index in [1.165, 1.54) is 25.1 Å². The summed E-state index contributed by atoms with van der Waals surface area (Å²) < 4.78 is 10.2. The SMILES string of the molecule is CC(=O)Oc1ccc(NC(=O)COc2cccc(C)c2)c(C(=O)O)c1. The van der Waals surface area contributed by atoms with Crippen LogP contribution in [0.15, 0.2) is 42.5 Å². The number of benzene rings is 2. The van der Waals surface area contributed by atoms with E-state index in [1.807, 2.05) is 13.0 Å². The molecular weight excluding hydrogens is 326 g/mol. The van der Waals surface area contributed by atoms with Crippen molar-refractivity contribution in [3.63, 3.8) is 0 Å². The molecule has 2 N–H and O–H groups in total. The second kappa shape index (κ2) is 7.96.